The molecule has 0 aliphatic carbocycles. The Bertz CT molecular complexity index is 2240. The number of unbranched alkanes of at least 4 members (excludes halogenated alkanes) is 2. The van der Waals surface area contributed by atoms with Crippen LogP contribution in [0.4, 0.5) is 11.4 Å². The zero-order valence-corrected chi connectivity index (χ0v) is 46.3. The molecule has 2 heterocycles. The number of hydrogen-bond donors (Lipinski definition) is 0. The Morgan fingerprint density at radius 2 is 1.47 bits per heavy atom. The molecule has 14 nitrogen and oxygen atoms in total. The molecule has 0 N–H and O–H groups in total. The molecule has 2 aliphatic heterocycles. The number of rotatable bonds is 18. The molecule has 0 saturated heterocycles. The van der Waals surface area contributed by atoms with E-state index >= 15 is 0 Å². The molecule has 57 heavy (non-hydrogen) atoms. The maximum absolute atomic E-state index is 11.8. The summed E-state index contributed by atoms with van der Waals surface area (Å²) in [5.74, 6) is -0.989. The van der Waals surface area contributed by atoms with Gasteiger partial charge in [-0.15, -0.1) is 0 Å². The van der Waals surface area contributed by atoms with Gasteiger partial charge in [-0.3, -0.25) is 5.04 Å². The third kappa shape index (κ3) is 16.2. The Labute approximate surface area is 472 Å². The number of halogens is 1. The van der Waals surface area contributed by atoms with Crippen molar-refractivity contribution in [1.82, 2.24) is 0 Å². The smallest absolute Gasteiger partial charge is 0.748 e. The standard InChI is InChI=1S/C35H43ClN2O12S4.3K/c1-34(2)28-23-26(51-50-49-39)15-17-30(28)37(19-5-7-21-52(40,41)42)32(34)13-9-11-25(36)12-10-14-33-35(3,4)29-24-27(54(46,47)48)16-18-31(29)38(33)20-6-8-22-53(43,44)45;;;/h9-18,23-24H,5-8,19-22H2,1-4H3,(H3-,39,40,41,42,43,44,45,46,47,48);;;/q;3*+1/p-3. The second-order valence-corrected chi connectivity index (χ2v) is 19.4. The zero-order chi connectivity index (χ0) is 40.1. The van der Waals surface area contributed by atoms with Crippen LogP contribution in [0.1, 0.15) is 64.5 Å². The van der Waals surface area contributed by atoms with E-state index in [2.05, 4.69) is 9.37 Å². The van der Waals surface area contributed by atoms with Crippen molar-refractivity contribution in [2.24, 2.45) is 0 Å². The molecule has 0 fully saturated rings. The van der Waals surface area contributed by atoms with Crippen LogP contribution in [0.2, 0.25) is 0 Å². The molecule has 0 radical (unpaired) electrons. The first-order valence-electron chi connectivity index (χ1n) is 16.7. The Hall–Kier alpha value is 2.03. The normalized spacial score (nSPS) is 17.1. The summed E-state index contributed by atoms with van der Waals surface area (Å²) >= 11 is 7.37. The first kappa shape index (κ1) is 57.0. The summed E-state index contributed by atoms with van der Waals surface area (Å²) in [6.07, 6.45) is 11.6. The first-order chi connectivity index (χ1) is 25.1. The van der Waals surface area contributed by atoms with Crippen molar-refractivity contribution < 1.29 is 212 Å². The predicted molar refractivity (Wildman–Crippen MR) is 200 cm³/mol. The van der Waals surface area contributed by atoms with Crippen molar-refractivity contribution in [2.45, 2.75) is 74.0 Å². The summed E-state index contributed by atoms with van der Waals surface area (Å²) < 4.78 is 109. The van der Waals surface area contributed by atoms with Crippen molar-refractivity contribution in [3.63, 3.8) is 0 Å². The van der Waals surface area contributed by atoms with Gasteiger partial charge in [0, 0.05) is 68.9 Å². The van der Waals surface area contributed by atoms with Gasteiger partial charge in [0.1, 0.15) is 16.7 Å². The summed E-state index contributed by atoms with van der Waals surface area (Å²) in [7, 11) is -13.5. The molecule has 296 valence electrons. The maximum atomic E-state index is 11.8. The van der Waals surface area contributed by atoms with Gasteiger partial charge in [-0.1, -0.05) is 37.6 Å². The van der Waals surface area contributed by atoms with E-state index in [9.17, 15) is 44.2 Å². The van der Waals surface area contributed by atoms with Gasteiger partial charge < -0.3 is 23.8 Å². The van der Waals surface area contributed by atoms with Crippen LogP contribution < -0.4 is 164 Å². The van der Waals surface area contributed by atoms with Gasteiger partial charge in [0.05, 0.1) is 42.6 Å². The Kier molecular flexibility index (Phi) is 24.4. The van der Waals surface area contributed by atoms with Gasteiger partial charge in [-0.25, -0.2) is 25.3 Å². The summed E-state index contributed by atoms with van der Waals surface area (Å²) in [4.78, 5) is 2.15. The predicted octanol–water partition coefficient (Wildman–Crippen LogP) is -4.22. The fraction of sp³-hybridized carbons (Fsp3) is 0.400. The van der Waals surface area contributed by atoms with Crippen LogP contribution in [0, 0.1) is 0 Å². The first-order valence-corrected chi connectivity index (χ1v) is 22.3. The quantitative estimate of drug-likeness (QED) is 0.0202. The van der Waals surface area contributed by atoms with Crippen LogP contribution in [0.25, 0.3) is 0 Å². The van der Waals surface area contributed by atoms with Crippen molar-refractivity contribution in [3.8, 4) is 0 Å². The molecule has 0 unspecified atom stereocenters. The second kappa shape index (κ2) is 24.4. The van der Waals surface area contributed by atoms with Crippen molar-refractivity contribution in [1.29, 1.82) is 0 Å². The molecule has 0 aromatic heterocycles. The average Bonchev–Trinajstić information content (AvgIpc) is 3.40. The molecule has 2 aromatic rings. The van der Waals surface area contributed by atoms with E-state index < -0.39 is 52.7 Å². The third-order valence-corrected chi connectivity index (χ3v) is 12.5. The molecular weight excluding hydrogens is 921 g/mol. The van der Waals surface area contributed by atoms with E-state index in [1.54, 1.807) is 42.5 Å². The van der Waals surface area contributed by atoms with E-state index in [1.807, 2.05) is 55.4 Å². The zero-order valence-electron chi connectivity index (χ0n) is 32.9. The molecule has 0 spiro atoms. The molecule has 22 heteroatoms. The van der Waals surface area contributed by atoms with Gasteiger partial charge in [-0.2, -0.15) is 8.91 Å². The van der Waals surface area contributed by atoms with Crippen LogP contribution in [0.3, 0.4) is 0 Å². The number of allylic oxidation sites excluding steroid dienone is 8. The molecule has 2 aliphatic rings. The van der Waals surface area contributed by atoms with Gasteiger partial charge in [0.15, 0.2) is 5.71 Å². The molecule has 0 bridgehead atoms. The fourth-order valence-corrected chi connectivity index (χ4v) is 8.82. The summed E-state index contributed by atoms with van der Waals surface area (Å²) in [5, 5.41) is 14.2. The van der Waals surface area contributed by atoms with E-state index in [0.29, 0.717) is 47.1 Å². The topological polar surface area (TPSA) is 219 Å². The van der Waals surface area contributed by atoms with Gasteiger partial charge in [0.25, 0.3) is 0 Å². The van der Waals surface area contributed by atoms with E-state index in [4.69, 9.17) is 11.6 Å². The Balaban J connectivity index is 0.00000541. The van der Waals surface area contributed by atoms with Crippen LogP contribution in [-0.2, 0) is 50.6 Å². The Morgan fingerprint density at radius 3 is 2.07 bits per heavy atom. The number of benzene rings is 2. The monoisotopic (exact) mass is 960 g/mol. The SMILES string of the molecule is CC1(C)C(C=CC=C(Cl)C=C/C=C2/N(CCCCS(=O)(=O)[O-])c3ccc(S(=O)(=O)[O-])cc3C2(C)C)=[N+](CCCCS(=O)(=O)[O-])c2ccc(SOO[O-])cc21.[K+].[K+].[K+]. The van der Waals surface area contributed by atoms with Crippen molar-refractivity contribution >= 4 is 71.1 Å². The summed E-state index contributed by atoms with van der Waals surface area (Å²) in [5.41, 5.74) is 3.28. The third-order valence-electron chi connectivity index (χ3n) is 9.24. The number of hydrogen-bond acceptors (Lipinski definition) is 14. The van der Waals surface area contributed by atoms with Crippen LogP contribution in [0.5, 0.6) is 0 Å². The summed E-state index contributed by atoms with van der Waals surface area (Å²) in [6.45, 7) is 8.49. The van der Waals surface area contributed by atoms with Crippen LogP contribution in [0.15, 0.2) is 93.4 Å². The molecular formula is C35H40ClK3N2O12S4. The number of fused-ring (bicyclic) bond motifs is 2. The fourth-order valence-electron chi connectivity index (χ4n) is 6.67. The number of anilines is 1. The maximum Gasteiger partial charge on any atom is 1.00 e. The minimum absolute atomic E-state index is 0. The molecule has 4 rings (SSSR count). The largest absolute Gasteiger partial charge is 1.00 e. The number of nitrogens with zero attached hydrogens (tertiary/aromatic N) is 2. The van der Waals surface area contributed by atoms with Crippen LogP contribution >= 0.6 is 23.6 Å². The molecule has 0 amide bonds. The van der Waals surface area contributed by atoms with Crippen molar-refractivity contribution in [2.75, 3.05) is 29.5 Å². The van der Waals surface area contributed by atoms with E-state index in [1.165, 1.54) is 12.1 Å². The Morgan fingerprint density at radius 1 is 0.842 bits per heavy atom. The van der Waals surface area contributed by atoms with E-state index in [0.717, 1.165) is 34.7 Å². The van der Waals surface area contributed by atoms with Gasteiger partial charge in [0.2, 0.25) is 5.69 Å². The molecule has 0 saturated carbocycles. The van der Waals surface area contributed by atoms with E-state index in [-0.39, 0.29) is 172 Å². The average molecular weight is 962 g/mol. The van der Waals surface area contributed by atoms with Crippen LogP contribution in [-0.4, -0.2) is 73.8 Å². The minimum atomic E-state index is -4.73. The van der Waals surface area contributed by atoms with Crippen molar-refractivity contribution in [3.05, 3.63) is 94.7 Å². The molecule has 2 aromatic carbocycles. The van der Waals surface area contributed by atoms with Gasteiger partial charge in [-0.05, 0) is 87.2 Å². The minimum Gasteiger partial charge on any atom is -0.748 e. The molecule has 0 atom stereocenters. The van der Waals surface area contributed by atoms with Gasteiger partial charge >= 0.3 is 154 Å². The summed E-state index contributed by atoms with van der Waals surface area (Å²) in [6, 6.07) is 9.59. The second-order valence-electron chi connectivity index (χ2n) is 13.7.